The number of nitro groups is 1. The monoisotopic (exact) mass is 409 g/mol. The SMILES string of the molecule is Cc1c(C)c(-c2nc3scc(C)n3c2-c2ccnc(=O)[nH]2)c(C)c([N+](=O)[O-])c1C. The fraction of sp³-hybridized carbons (Fsp3) is 0.250. The number of benzene rings is 1. The summed E-state index contributed by atoms with van der Waals surface area (Å²) in [7, 11) is 0. The lowest BCUT2D eigenvalue weighted by Crippen LogP contribution is -2.10. The van der Waals surface area contributed by atoms with Crippen LogP contribution in [0.25, 0.3) is 27.6 Å². The van der Waals surface area contributed by atoms with Gasteiger partial charge in [0.1, 0.15) is 5.69 Å². The topological polar surface area (TPSA) is 106 Å². The summed E-state index contributed by atoms with van der Waals surface area (Å²) in [6.45, 7) is 9.33. The lowest BCUT2D eigenvalue weighted by Gasteiger charge is -2.16. The Hall–Kier alpha value is -3.33. The minimum Gasteiger partial charge on any atom is -0.304 e. The first-order chi connectivity index (χ1) is 13.7. The lowest BCUT2D eigenvalue weighted by molar-refractivity contribution is -0.386. The van der Waals surface area contributed by atoms with E-state index in [1.54, 1.807) is 19.9 Å². The predicted octanol–water partition coefficient (Wildman–Crippen LogP) is 4.26. The molecule has 0 bridgehead atoms. The van der Waals surface area contributed by atoms with Crippen molar-refractivity contribution >= 4 is 22.0 Å². The van der Waals surface area contributed by atoms with Gasteiger partial charge in [-0.25, -0.2) is 14.8 Å². The second-order valence-corrected chi connectivity index (χ2v) is 7.91. The number of fused-ring (bicyclic) bond motifs is 1. The number of nitrogens with zero attached hydrogens (tertiary/aromatic N) is 4. The smallest absolute Gasteiger partial charge is 0.304 e. The van der Waals surface area contributed by atoms with Crippen molar-refractivity contribution in [3.8, 4) is 22.6 Å². The Balaban J connectivity index is 2.18. The number of aromatic amines is 1. The van der Waals surface area contributed by atoms with E-state index in [4.69, 9.17) is 4.98 Å². The van der Waals surface area contributed by atoms with Crippen molar-refractivity contribution in [3.63, 3.8) is 0 Å². The van der Waals surface area contributed by atoms with Crippen LogP contribution in [0.2, 0.25) is 0 Å². The fourth-order valence-electron chi connectivity index (χ4n) is 3.88. The minimum atomic E-state index is -0.462. The third-order valence-corrected chi connectivity index (χ3v) is 6.41. The van der Waals surface area contributed by atoms with Crippen LogP contribution < -0.4 is 5.69 Å². The van der Waals surface area contributed by atoms with Gasteiger partial charge in [-0.15, -0.1) is 11.3 Å². The summed E-state index contributed by atoms with van der Waals surface area (Å²) in [5, 5.41) is 13.8. The van der Waals surface area contributed by atoms with Crippen LogP contribution in [0, 0.1) is 44.7 Å². The third kappa shape index (κ3) is 2.77. The Labute approximate surface area is 170 Å². The van der Waals surface area contributed by atoms with E-state index in [1.165, 1.54) is 17.5 Å². The summed E-state index contributed by atoms with van der Waals surface area (Å²) in [5.41, 5.74) is 6.22. The predicted molar refractivity (Wildman–Crippen MR) is 113 cm³/mol. The second kappa shape index (κ2) is 6.63. The number of nitrogens with one attached hydrogen (secondary N) is 1. The molecule has 0 saturated heterocycles. The van der Waals surface area contributed by atoms with Crippen LogP contribution in [0.5, 0.6) is 0 Å². The first-order valence-electron chi connectivity index (χ1n) is 8.99. The third-order valence-electron chi connectivity index (χ3n) is 5.47. The van der Waals surface area contributed by atoms with Gasteiger partial charge in [0.05, 0.1) is 16.3 Å². The molecule has 0 aliphatic rings. The van der Waals surface area contributed by atoms with E-state index in [9.17, 15) is 14.9 Å². The Morgan fingerprint density at radius 3 is 2.48 bits per heavy atom. The van der Waals surface area contributed by atoms with Gasteiger partial charge >= 0.3 is 5.69 Å². The zero-order valence-electron chi connectivity index (χ0n) is 16.7. The summed E-state index contributed by atoms with van der Waals surface area (Å²) in [6.07, 6.45) is 1.45. The molecule has 0 unspecified atom stereocenters. The molecule has 0 aliphatic heterocycles. The van der Waals surface area contributed by atoms with Gasteiger partial charge in [-0.2, -0.15) is 0 Å². The molecule has 0 amide bonds. The Kier molecular flexibility index (Phi) is 4.34. The van der Waals surface area contributed by atoms with E-state index in [2.05, 4.69) is 9.97 Å². The largest absolute Gasteiger partial charge is 0.345 e. The average Bonchev–Trinajstić information content (AvgIpc) is 3.20. The van der Waals surface area contributed by atoms with Crippen LogP contribution in [0.1, 0.15) is 27.9 Å². The van der Waals surface area contributed by atoms with Crippen LogP contribution in [0.15, 0.2) is 22.4 Å². The fourth-order valence-corrected chi connectivity index (χ4v) is 4.75. The van der Waals surface area contributed by atoms with Crippen molar-refractivity contribution in [2.24, 2.45) is 0 Å². The Bertz CT molecular complexity index is 1360. The Morgan fingerprint density at radius 1 is 1.10 bits per heavy atom. The molecular formula is C20H19N5O3S. The number of nitro benzene ring substituents is 1. The molecule has 8 nitrogen and oxygen atoms in total. The van der Waals surface area contributed by atoms with Gasteiger partial charge in [0, 0.05) is 34.0 Å². The molecule has 1 N–H and O–H groups in total. The molecule has 4 aromatic rings. The van der Waals surface area contributed by atoms with E-state index in [1.807, 2.05) is 30.6 Å². The standard InChI is InChI=1S/C20H19N5O3S/c1-9-8-29-20-23-16(18(24(9)20)14-6-7-21-19(26)22-14)15-11(3)10(2)12(4)17(13(15)5)25(27)28/h6-8H,1-5H3,(H,21,22,26). The van der Waals surface area contributed by atoms with Crippen LogP contribution in [0.3, 0.4) is 0 Å². The first kappa shape index (κ1) is 19.0. The van der Waals surface area contributed by atoms with Gasteiger partial charge in [0.2, 0.25) is 0 Å². The molecule has 1 aromatic carbocycles. The number of rotatable bonds is 3. The van der Waals surface area contributed by atoms with E-state index in [0.717, 1.165) is 27.3 Å². The number of hydrogen-bond donors (Lipinski definition) is 1. The van der Waals surface area contributed by atoms with Gasteiger partial charge in [-0.05, 0) is 51.8 Å². The summed E-state index contributed by atoms with van der Waals surface area (Å²) in [4.78, 5) is 35.4. The van der Waals surface area contributed by atoms with Crippen LogP contribution in [-0.2, 0) is 0 Å². The zero-order chi connectivity index (χ0) is 21.0. The molecule has 3 heterocycles. The van der Waals surface area contributed by atoms with E-state index in [0.29, 0.717) is 28.2 Å². The maximum atomic E-state index is 11.9. The molecule has 148 valence electrons. The molecule has 0 aliphatic carbocycles. The quantitative estimate of drug-likeness (QED) is 0.402. The van der Waals surface area contributed by atoms with E-state index < -0.39 is 5.69 Å². The highest BCUT2D eigenvalue weighted by Crippen LogP contribution is 2.42. The molecule has 0 radical (unpaired) electrons. The van der Waals surface area contributed by atoms with Gasteiger partial charge in [0.15, 0.2) is 4.96 Å². The molecular weight excluding hydrogens is 390 g/mol. The number of hydrogen-bond acceptors (Lipinski definition) is 6. The van der Waals surface area contributed by atoms with E-state index in [-0.39, 0.29) is 10.6 Å². The zero-order valence-corrected chi connectivity index (χ0v) is 17.5. The highest BCUT2D eigenvalue weighted by molar-refractivity contribution is 7.15. The van der Waals surface area contributed by atoms with Crippen molar-refractivity contribution < 1.29 is 4.92 Å². The molecule has 0 fully saturated rings. The van der Waals surface area contributed by atoms with Gasteiger partial charge in [-0.3, -0.25) is 14.5 Å². The molecule has 9 heteroatoms. The first-order valence-corrected chi connectivity index (χ1v) is 9.87. The lowest BCUT2D eigenvalue weighted by atomic mass is 9.89. The van der Waals surface area contributed by atoms with Gasteiger partial charge in [0.25, 0.3) is 5.69 Å². The molecule has 4 rings (SSSR count). The number of thiazole rings is 1. The number of aryl methyl sites for hydroxylation is 1. The molecule has 3 aromatic heterocycles. The van der Waals surface area contributed by atoms with Crippen molar-refractivity contribution in [1.82, 2.24) is 19.4 Å². The minimum absolute atomic E-state index is 0.102. The highest BCUT2D eigenvalue weighted by atomic mass is 32.1. The van der Waals surface area contributed by atoms with Crippen LogP contribution >= 0.6 is 11.3 Å². The number of H-pyrrole nitrogens is 1. The van der Waals surface area contributed by atoms with Gasteiger partial charge < -0.3 is 4.98 Å². The average molecular weight is 409 g/mol. The molecule has 0 atom stereocenters. The second-order valence-electron chi connectivity index (χ2n) is 7.07. The van der Waals surface area contributed by atoms with Crippen molar-refractivity contribution in [1.29, 1.82) is 0 Å². The summed E-state index contributed by atoms with van der Waals surface area (Å²) >= 11 is 1.48. The summed E-state index contributed by atoms with van der Waals surface area (Å²) < 4.78 is 1.96. The summed E-state index contributed by atoms with van der Waals surface area (Å²) in [6, 6.07) is 1.71. The van der Waals surface area contributed by atoms with Gasteiger partial charge in [-0.1, -0.05) is 0 Å². The highest BCUT2D eigenvalue weighted by Gasteiger charge is 2.28. The maximum absolute atomic E-state index is 11.9. The normalized spacial score (nSPS) is 11.3. The van der Waals surface area contributed by atoms with Crippen LogP contribution in [0.4, 0.5) is 5.69 Å². The number of aromatic nitrogens is 4. The molecule has 0 spiro atoms. The van der Waals surface area contributed by atoms with Crippen LogP contribution in [-0.4, -0.2) is 24.3 Å². The maximum Gasteiger partial charge on any atom is 0.345 e. The van der Waals surface area contributed by atoms with Crippen molar-refractivity contribution in [2.45, 2.75) is 34.6 Å². The number of imidazole rings is 1. The molecule has 0 saturated carbocycles. The van der Waals surface area contributed by atoms with Crippen molar-refractivity contribution in [2.75, 3.05) is 0 Å². The summed E-state index contributed by atoms with van der Waals surface area (Å²) in [5.74, 6) is 0. The molecule has 29 heavy (non-hydrogen) atoms. The van der Waals surface area contributed by atoms with E-state index >= 15 is 0 Å². The van der Waals surface area contributed by atoms with Crippen molar-refractivity contribution in [3.05, 3.63) is 66.2 Å². The Morgan fingerprint density at radius 2 is 1.83 bits per heavy atom.